The topological polar surface area (TPSA) is 67.4 Å². The van der Waals surface area contributed by atoms with E-state index in [1.54, 1.807) is 0 Å². The van der Waals surface area contributed by atoms with E-state index in [2.05, 4.69) is 10.6 Å². The molecule has 21 heavy (non-hydrogen) atoms. The molecule has 1 heterocycles. The Morgan fingerprint density at radius 3 is 2.67 bits per heavy atom. The molecule has 2 N–H and O–H groups in total. The average Bonchev–Trinajstić information content (AvgIpc) is 2.86. The van der Waals surface area contributed by atoms with Crippen molar-refractivity contribution in [3.63, 3.8) is 0 Å². The molecule has 1 aliphatic rings. The lowest BCUT2D eigenvalue weighted by molar-refractivity contribution is -0.132. The zero-order chi connectivity index (χ0) is 15.2. The highest BCUT2D eigenvalue weighted by Crippen LogP contribution is 2.14. The van der Waals surface area contributed by atoms with Crippen LogP contribution in [0.2, 0.25) is 0 Å². The first-order valence-corrected chi connectivity index (χ1v) is 7.37. The van der Waals surface area contributed by atoms with Crippen molar-refractivity contribution >= 4 is 11.8 Å². The lowest BCUT2D eigenvalue weighted by Gasteiger charge is -2.11. The number of nitrogens with one attached hydrogen (secondary N) is 2. The van der Waals surface area contributed by atoms with Crippen molar-refractivity contribution < 1.29 is 14.3 Å². The second kappa shape index (κ2) is 7.11. The molecule has 1 fully saturated rings. The number of benzene rings is 1. The summed E-state index contributed by atoms with van der Waals surface area (Å²) in [6, 6.07) is 7.85. The normalized spacial score (nSPS) is 17.7. The Morgan fingerprint density at radius 2 is 2.10 bits per heavy atom. The van der Waals surface area contributed by atoms with Crippen LogP contribution < -0.4 is 15.4 Å². The summed E-state index contributed by atoms with van der Waals surface area (Å²) in [6.07, 6.45) is 1.49. The van der Waals surface area contributed by atoms with Crippen molar-refractivity contribution in [1.82, 2.24) is 10.6 Å². The fourth-order valence-electron chi connectivity index (χ4n) is 2.30. The molecular formula is C16H22N2O3. The third kappa shape index (κ3) is 4.48. The zero-order valence-electron chi connectivity index (χ0n) is 12.5. The smallest absolute Gasteiger partial charge is 0.232 e. The summed E-state index contributed by atoms with van der Waals surface area (Å²) in [7, 11) is 0. The predicted octanol–water partition coefficient (Wildman–Crippen LogP) is 1.27. The van der Waals surface area contributed by atoms with E-state index >= 15 is 0 Å². The van der Waals surface area contributed by atoms with Gasteiger partial charge in [0.15, 0.2) is 0 Å². The third-order valence-corrected chi connectivity index (χ3v) is 3.37. The minimum absolute atomic E-state index is 0.160. The van der Waals surface area contributed by atoms with Crippen molar-refractivity contribution in [3.8, 4) is 5.75 Å². The lowest BCUT2D eigenvalue weighted by Crippen LogP contribution is -2.36. The van der Waals surface area contributed by atoms with Crippen LogP contribution in [0, 0.1) is 5.92 Å². The summed E-state index contributed by atoms with van der Waals surface area (Å²) >= 11 is 0. The van der Waals surface area contributed by atoms with Crippen LogP contribution in [0.3, 0.4) is 0 Å². The number of hydrogen-bond acceptors (Lipinski definition) is 3. The Balaban J connectivity index is 1.75. The van der Waals surface area contributed by atoms with Gasteiger partial charge >= 0.3 is 0 Å². The van der Waals surface area contributed by atoms with E-state index in [9.17, 15) is 9.59 Å². The van der Waals surface area contributed by atoms with E-state index in [-0.39, 0.29) is 17.9 Å². The molecule has 1 aromatic carbocycles. The lowest BCUT2D eigenvalue weighted by atomic mass is 10.1. The fraction of sp³-hybridized carbons (Fsp3) is 0.500. The molecule has 5 heteroatoms. The maximum Gasteiger partial charge on any atom is 0.232 e. The van der Waals surface area contributed by atoms with Gasteiger partial charge in [0.1, 0.15) is 11.7 Å². The zero-order valence-corrected chi connectivity index (χ0v) is 12.5. The second-order valence-corrected chi connectivity index (χ2v) is 5.48. The molecule has 0 radical (unpaired) electrons. The Morgan fingerprint density at radius 1 is 1.38 bits per heavy atom. The largest absolute Gasteiger partial charge is 0.491 e. The standard InChI is InChI=1S/C16H22N2O3/c1-11(2)21-13-5-3-12(4-6-13)7-9-17-15(19)14-8-10-18-16(14)20/h3-6,11,14H,7-10H2,1-2H3,(H,17,19)(H,18,20)/t14-/m0/s1. The number of hydrogen-bond donors (Lipinski definition) is 2. The summed E-state index contributed by atoms with van der Waals surface area (Å²) in [4.78, 5) is 23.2. The Labute approximate surface area is 125 Å². The van der Waals surface area contributed by atoms with Crippen LogP contribution in [0.5, 0.6) is 5.75 Å². The van der Waals surface area contributed by atoms with E-state index < -0.39 is 5.92 Å². The number of carbonyl (C=O) groups excluding carboxylic acids is 2. The van der Waals surface area contributed by atoms with Crippen molar-refractivity contribution in [2.45, 2.75) is 32.8 Å². The van der Waals surface area contributed by atoms with Crippen LogP contribution in [0.4, 0.5) is 0 Å². The maximum atomic E-state index is 11.8. The Hall–Kier alpha value is -2.04. The van der Waals surface area contributed by atoms with Crippen molar-refractivity contribution in [3.05, 3.63) is 29.8 Å². The Kier molecular flexibility index (Phi) is 5.20. The minimum Gasteiger partial charge on any atom is -0.491 e. The molecule has 1 saturated heterocycles. The van der Waals surface area contributed by atoms with Crippen molar-refractivity contribution in [1.29, 1.82) is 0 Å². The molecule has 1 aromatic rings. The first kappa shape index (κ1) is 15.4. The first-order valence-electron chi connectivity index (χ1n) is 7.37. The van der Waals surface area contributed by atoms with Crippen LogP contribution in [0.1, 0.15) is 25.8 Å². The Bertz CT molecular complexity index is 497. The SMILES string of the molecule is CC(C)Oc1ccc(CCNC(=O)[C@@H]2CCNC2=O)cc1. The van der Waals surface area contributed by atoms with Gasteiger partial charge in [-0.15, -0.1) is 0 Å². The summed E-state index contributed by atoms with van der Waals surface area (Å²) in [6.45, 7) is 5.10. The van der Waals surface area contributed by atoms with Gasteiger partial charge < -0.3 is 15.4 Å². The van der Waals surface area contributed by atoms with Crippen LogP contribution >= 0.6 is 0 Å². The molecule has 2 amide bonds. The summed E-state index contributed by atoms with van der Waals surface area (Å²) in [5.41, 5.74) is 1.13. The number of rotatable bonds is 6. The third-order valence-electron chi connectivity index (χ3n) is 3.37. The molecule has 0 aliphatic carbocycles. The van der Waals surface area contributed by atoms with Gasteiger partial charge in [0.05, 0.1) is 6.10 Å². The molecule has 0 unspecified atom stereocenters. The van der Waals surface area contributed by atoms with E-state index in [1.807, 2.05) is 38.1 Å². The summed E-state index contributed by atoms with van der Waals surface area (Å²) in [5.74, 6) is -0.0142. The molecule has 1 aliphatic heterocycles. The highest BCUT2D eigenvalue weighted by molar-refractivity contribution is 6.01. The van der Waals surface area contributed by atoms with Gasteiger partial charge in [-0.1, -0.05) is 12.1 Å². The van der Waals surface area contributed by atoms with E-state index in [0.29, 0.717) is 19.5 Å². The van der Waals surface area contributed by atoms with Crippen LogP contribution in [-0.2, 0) is 16.0 Å². The molecular weight excluding hydrogens is 268 g/mol. The van der Waals surface area contributed by atoms with Crippen molar-refractivity contribution in [2.75, 3.05) is 13.1 Å². The monoisotopic (exact) mass is 290 g/mol. The first-order chi connectivity index (χ1) is 10.1. The fourth-order valence-corrected chi connectivity index (χ4v) is 2.30. The average molecular weight is 290 g/mol. The number of carbonyl (C=O) groups is 2. The van der Waals surface area contributed by atoms with Gasteiger partial charge in [-0.05, 0) is 44.4 Å². The van der Waals surface area contributed by atoms with Gasteiger partial charge in [-0.25, -0.2) is 0 Å². The van der Waals surface area contributed by atoms with E-state index in [4.69, 9.17) is 4.74 Å². The van der Waals surface area contributed by atoms with E-state index in [1.165, 1.54) is 0 Å². The minimum atomic E-state index is -0.521. The quantitative estimate of drug-likeness (QED) is 0.775. The van der Waals surface area contributed by atoms with Gasteiger partial charge in [0.2, 0.25) is 11.8 Å². The molecule has 5 nitrogen and oxygen atoms in total. The van der Waals surface area contributed by atoms with Crippen LogP contribution in [-0.4, -0.2) is 31.0 Å². The van der Waals surface area contributed by atoms with Gasteiger partial charge in [-0.2, -0.15) is 0 Å². The van der Waals surface area contributed by atoms with E-state index in [0.717, 1.165) is 17.7 Å². The number of amides is 2. The predicted molar refractivity (Wildman–Crippen MR) is 80.0 cm³/mol. The van der Waals surface area contributed by atoms with Gasteiger partial charge in [0.25, 0.3) is 0 Å². The highest BCUT2D eigenvalue weighted by atomic mass is 16.5. The van der Waals surface area contributed by atoms with Gasteiger partial charge in [-0.3, -0.25) is 9.59 Å². The van der Waals surface area contributed by atoms with Crippen LogP contribution in [0.25, 0.3) is 0 Å². The highest BCUT2D eigenvalue weighted by Gasteiger charge is 2.30. The second-order valence-electron chi connectivity index (χ2n) is 5.48. The molecule has 1 atom stereocenters. The number of ether oxygens (including phenoxy) is 1. The molecule has 0 bridgehead atoms. The molecule has 114 valence electrons. The summed E-state index contributed by atoms with van der Waals surface area (Å²) < 4.78 is 5.58. The molecule has 0 saturated carbocycles. The molecule has 0 spiro atoms. The van der Waals surface area contributed by atoms with Gasteiger partial charge in [0, 0.05) is 13.1 Å². The van der Waals surface area contributed by atoms with Crippen LogP contribution in [0.15, 0.2) is 24.3 Å². The summed E-state index contributed by atoms with van der Waals surface area (Å²) in [5, 5.41) is 5.49. The molecule has 2 rings (SSSR count). The molecule has 0 aromatic heterocycles. The van der Waals surface area contributed by atoms with Crippen molar-refractivity contribution in [2.24, 2.45) is 5.92 Å². The maximum absolute atomic E-state index is 11.8.